The fourth-order valence-corrected chi connectivity index (χ4v) is 3.67. The fraction of sp³-hybridized carbons (Fsp3) is 0.524. The van der Waals surface area contributed by atoms with Gasteiger partial charge in [-0.2, -0.15) is 5.26 Å². The van der Waals surface area contributed by atoms with Crippen LogP contribution in [-0.4, -0.2) is 53.6 Å². The minimum Gasteiger partial charge on any atom is -0.468 e. The van der Waals surface area contributed by atoms with Crippen LogP contribution in [0.2, 0.25) is 0 Å². The van der Waals surface area contributed by atoms with Crippen molar-refractivity contribution >= 4 is 22.8 Å². The molecule has 2 aromatic rings. The summed E-state index contributed by atoms with van der Waals surface area (Å²) in [5, 5.41) is 12.8. The van der Waals surface area contributed by atoms with Crippen LogP contribution < -0.4 is 5.32 Å². The first-order valence-corrected chi connectivity index (χ1v) is 9.86. The third-order valence-corrected chi connectivity index (χ3v) is 5.29. The Morgan fingerprint density at radius 1 is 1.36 bits per heavy atom. The number of fused-ring (bicyclic) bond motifs is 1. The molecule has 7 nitrogen and oxygen atoms in total. The van der Waals surface area contributed by atoms with Crippen molar-refractivity contribution in [1.29, 1.82) is 5.26 Å². The van der Waals surface area contributed by atoms with E-state index in [1.54, 1.807) is 0 Å². The third-order valence-electron chi connectivity index (χ3n) is 5.29. The average Bonchev–Trinajstić information content (AvgIpc) is 2.72. The predicted molar refractivity (Wildman–Crippen MR) is 108 cm³/mol. The van der Waals surface area contributed by atoms with Gasteiger partial charge in [0, 0.05) is 19.1 Å². The van der Waals surface area contributed by atoms with Gasteiger partial charge in [-0.05, 0) is 44.9 Å². The van der Waals surface area contributed by atoms with Crippen molar-refractivity contribution in [2.24, 2.45) is 0 Å². The summed E-state index contributed by atoms with van der Waals surface area (Å²) in [6, 6.07) is 10.1. The number of ether oxygens (including phenoxy) is 1. The van der Waals surface area contributed by atoms with E-state index in [-0.39, 0.29) is 0 Å². The number of methoxy groups -OCH3 is 1. The average molecular weight is 381 g/mol. The summed E-state index contributed by atoms with van der Waals surface area (Å²) in [4.78, 5) is 23.7. The molecule has 0 radical (unpaired) electrons. The van der Waals surface area contributed by atoms with E-state index in [4.69, 9.17) is 4.74 Å². The lowest BCUT2D eigenvalue weighted by molar-refractivity contribution is -0.141. The van der Waals surface area contributed by atoms with E-state index >= 15 is 0 Å². The van der Waals surface area contributed by atoms with Gasteiger partial charge >= 0.3 is 5.97 Å². The van der Waals surface area contributed by atoms with Crippen LogP contribution in [0.5, 0.6) is 0 Å². The van der Waals surface area contributed by atoms with Crippen molar-refractivity contribution in [3.63, 3.8) is 0 Å². The molecular weight excluding hydrogens is 354 g/mol. The van der Waals surface area contributed by atoms with E-state index in [1.807, 2.05) is 30.3 Å². The standard InChI is InChI=1S/C21H27N5O2/c1-15-8-5-6-12-26(15)13-7-11-23-20-19(16(14-22)21(27)28-2)24-17-9-3-4-10-18(17)25-20/h3-4,9-10,15-16H,5-8,11-13H2,1-2H3,(H,23,25)/t15-,16+/m1/s1. The molecule has 7 heteroatoms. The minimum absolute atomic E-state index is 0.319. The van der Waals surface area contributed by atoms with Crippen LogP contribution in [-0.2, 0) is 9.53 Å². The molecular formula is C21H27N5O2. The molecule has 0 amide bonds. The zero-order valence-electron chi connectivity index (χ0n) is 16.5. The Labute approximate surface area is 165 Å². The number of hydrogen-bond acceptors (Lipinski definition) is 7. The molecule has 0 aliphatic carbocycles. The number of para-hydroxylation sites is 2. The van der Waals surface area contributed by atoms with Crippen LogP contribution in [0.3, 0.4) is 0 Å². The maximum atomic E-state index is 12.1. The number of nitriles is 1. The van der Waals surface area contributed by atoms with Gasteiger partial charge in [0.05, 0.1) is 24.2 Å². The predicted octanol–water partition coefficient (Wildman–Crippen LogP) is 3.09. The molecule has 3 rings (SSSR count). The highest BCUT2D eigenvalue weighted by molar-refractivity contribution is 5.84. The molecule has 1 aliphatic heterocycles. The highest BCUT2D eigenvalue weighted by atomic mass is 16.5. The number of carbonyl (C=O) groups is 1. The molecule has 1 aromatic carbocycles. The lowest BCUT2D eigenvalue weighted by Crippen LogP contribution is -2.38. The molecule has 28 heavy (non-hydrogen) atoms. The molecule has 0 spiro atoms. The van der Waals surface area contributed by atoms with E-state index in [9.17, 15) is 10.1 Å². The molecule has 0 unspecified atom stereocenters. The number of carbonyl (C=O) groups excluding carboxylic acids is 1. The first-order valence-electron chi connectivity index (χ1n) is 9.86. The number of aromatic nitrogens is 2. The molecule has 1 N–H and O–H groups in total. The van der Waals surface area contributed by atoms with Gasteiger partial charge in [-0.3, -0.25) is 4.79 Å². The summed E-state index contributed by atoms with van der Waals surface area (Å²) >= 11 is 0. The van der Waals surface area contributed by atoms with Crippen molar-refractivity contribution in [2.75, 3.05) is 32.1 Å². The first kappa shape index (κ1) is 20.0. The summed E-state index contributed by atoms with van der Waals surface area (Å²) in [7, 11) is 1.27. The zero-order chi connectivity index (χ0) is 19.9. The maximum absolute atomic E-state index is 12.1. The summed E-state index contributed by atoms with van der Waals surface area (Å²) in [5.74, 6) is -1.26. The molecule has 148 valence electrons. The van der Waals surface area contributed by atoms with Crippen LogP contribution in [0.4, 0.5) is 5.82 Å². The fourth-order valence-electron chi connectivity index (χ4n) is 3.67. The Balaban J connectivity index is 1.75. The summed E-state index contributed by atoms with van der Waals surface area (Å²) in [5.41, 5.74) is 1.69. The molecule has 1 saturated heterocycles. The number of esters is 1. The topological polar surface area (TPSA) is 91.1 Å². The monoisotopic (exact) mass is 381 g/mol. The highest BCUT2D eigenvalue weighted by Crippen LogP contribution is 2.25. The zero-order valence-corrected chi connectivity index (χ0v) is 16.5. The molecule has 0 saturated carbocycles. The van der Waals surface area contributed by atoms with Crippen LogP contribution >= 0.6 is 0 Å². The molecule has 0 bridgehead atoms. The van der Waals surface area contributed by atoms with E-state index in [2.05, 4.69) is 27.1 Å². The number of nitrogens with one attached hydrogen (secondary N) is 1. The lowest BCUT2D eigenvalue weighted by Gasteiger charge is -2.33. The van der Waals surface area contributed by atoms with Crippen molar-refractivity contribution < 1.29 is 9.53 Å². The second-order valence-corrected chi connectivity index (χ2v) is 7.19. The van der Waals surface area contributed by atoms with E-state index < -0.39 is 11.9 Å². The van der Waals surface area contributed by atoms with Gasteiger partial charge in [0.2, 0.25) is 0 Å². The van der Waals surface area contributed by atoms with E-state index in [0.29, 0.717) is 29.6 Å². The second kappa shape index (κ2) is 9.47. The molecule has 1 aromatic heterocycles. The van der Waals surface area contributed by atoms with Gasteiger partial charge < -0.3 is 15.0 Å². The molecule has 2 heterocycles. The Morgan fingerprint density at radius 3 is 2.79 bits per heavy atom. The van der Waals surface area contributed by atoms with Gasteiger partial charge in [0.15, 0.2) is 11.7 Å². The van der Waals surface area contributed by atoms with Crippen molar-refractivity contribution in [3.05, 3.63) is 30.0 Å². The van der Waals surface area contributed by atoms with Gasteiger partial charge in [-0.25, -0.2) is 9.97 Å². The minimum atomic E-state index is -1.10. The van der Waals surface area contributed by atoms with Crippen LogP contribution in [0.15, 0.2) is 24.3 Å². The number of likely N-dealkylation sites (tertiary alicyclic amines) is 1. The van der Waals surface area contributed by atoms with Crippen LogP contribution in [0.1, 0.15) is 44.2 Å². The van der Waals surface area contributed by atoms with Crippen LogP contribution in [0.25, 0.3) is 11.0 Å². The number of nitrogens with zero attached hydrogens (tertiary/aromatic N) is 4. The van der Waals surface area contributed by atoms with Crippen molar-refractivity contribution in [2.45, 2.75) is 44.6 Å². The molecule has 1 fully saturated rings. The van der Waals surface area contributed by atoms with E-state index in [1.165, 1.54) is 26.4 Å². The molecule has 2 atom stereocenters. The Kier molecular flexibility index (Phi) is 6.77. The van der Waals surface area contributed by atoms with Gasteiger partial charge in [-0.1, -0.05) is 18.6 Å². The summed E-state index contributed by atoms with van der Waals surface area (Å²) in [6.45, 7) is 5.15. The van der Waals surface area contributed by atoms with Gasteiger partial charge in [0.25, 0.3) is 0 Å². The second-order valence-electron chi connectivity index (χ2n) is 7.19. The van der Waals surface area contributed by atoms with Crippen LogP contribution in [0, 0.1) is 11.3 Å². The lowest BCUT2D eigenvalue weighted by atomic mass is 10.0. The SMILES string of the molecule is COC(=O)[C@@H](C#N)c1nc2ccccc2nc1NCCCN1CCCC[C@H]1C. The Hall–Kier alpha value is -2.72. The summed E-state index contributed by atoms with van der Waals surface area (Å²) in [6.07, 6.45) is 4.79. The molecule has 1 aliphatic rings. The number of piperidine rings is 1. The van der Waals surface area contributed by atoms with Gasteiger partial charge in [-0.15, -0.1) is 0 Å². The normalized spacial score (nSPS) is 18.4. The summed E-state index contributed by atoms with van der Waals surface area (Å²) < 4.78 is 4.78. The number of benzene rings is 1. The smallest absolute Gasteiger partial charge is 0.329 e. The van der Waals surface area contributed by atoms with E-state index in [0.717, 1.165) is 25.0 Å². The Bertz CT molecular complexity index is 863. The largest absolute Gasteiger partial charge is 0.468 e. The number of hydrogen-bond donors (Lipinski definition) is 1. The quantitative estimate of drug-likeness (QED) is 0.582. The highest BCUT2D eigenvalue weighted by Gasteiger charge is 2.27. The van der Waals surface area contributed by atoms with Crippen molar-refractivity contribution in [3.8, 4) is 6.07 Å². The number of rotatable bonds is 7. The van der Waals surface area contributed by atoms with Crippen molar-refractivity contribution in [1.82, 2.24) is 14.9 Å². The number of anilines is 1. The third kappa shape index (κ3) is 4.57. The maximum Gasteiger partial charge on any atom is 0.329 e. The Morgan fingerprint density at radius 2 is 2.11 bits per heavy atom. The first-order chi connectivity index (χ1) is 13.6. The van der Waals surface area contributed by atoms with Gasteiger partial charge in [0.1, 0.15) is 5.69 Å².